The van der Waals surface area contributed by atoms with Crippen molar-refractivity contribution in [1.29, 1.82) is 0 Å². The van der Waals surface area contributed by atoms with E-state index < -0.39 is 5.41 Å². The number of benzene rings is 2. The molecule has 0 radical (unpaired) electrons. The lowest BCUT2D eigenvalue weighted by atomic mass is 9.89. The number of hydrogen-bond acceptors (Lipinski definition) is 4. The minimum atomic E-state index is -0.613. The highest BCUT2D eigenvalue weighted by Gasteiger charge is 2.28. The molecule has 1 aromatic heterocycles. The fourth-order valence-corrected chi connectivity index (χ4v) is 2.55. The lowest BCUT2D eigenvalue weighted by Crippen LogP contribution is -2.36. The number of carbonyl (C=O) groups is 1. The quantitative estimate of drug-likeness (QED) is 0.696. The Hall–Kier alpha value is -2.95. The zero-order valence-electron chi connectivity index (χ0n) is 15.2. The fraction of sp³-hybridized carbons (Fsp3) is 0.286. The normalized spacial score (nSPS) is 11.5. The maximum atomic E-state index is 12.7. The van der Waals surface area contributed by atoms with Crippen LogP contribution in [-0.4, -0.2) is 15.5 Å². The molecule has 0 saturated heterocycles. The molecule has 5 nitrogen and oxygen atoms in total. The summed E-state index contributed by atoms with van der Waals surface area (Å²) in [6, 6.07) is 14.9. The minimum absolute atomic E-state index is 0.246. The third kappa shape index (κ3) is 3.52. The summed E-state index contributed by atoms with van der Waals surface area (Å²) in [4.78, 5) is 29.6. The van der Waals surface area contributed by atoms with Crippen molar-refractivity contribution in [3.63, 3.8) is 0 Å². The number of nitrogens with zero attached hydrogens (tertiary/aromatic N) is 2. The van der Waals surface area contributed by atoms with E-state index in [-0.39, 0.29) is 11.5 Å². The predicted octanol–water partition coefficient (Wildman–Crippen LogP) is 4.05. The minimum Gasteiger partial charge on any atom is -0.489 e. The van der Waals surface area contributed by atoms with Crippen molar-refractivity contribution in [3.8, 4) is 5.75 Å². The van der Waals surface area contributed by atoms with Crippen LogP contribution in [-0.2, 0) is 6.61 Å². The highest BCUT2D eigenvalue weighted by molar-refractivity contribution is 5.87. The van der Waals surface area contributed by atoms with Gasteiger partial charge in [-0.25, -0.2) is 9.55 Å². The van der Waals surface area contributed by atoms with E-state index in [1.165, 1.54) is 6.33 Å². The Labute approximate surface area is 152 Å². The van der Waals surface area contributed by atoms with E-state index in [1.807, 2.05) is 51.1 Å². The molecule has 0 saturated carbocycles. The van der Waals surface area contributed by atoms with E-state index in [4.69, 9.17) is 4.74 Å². The summed E-state index contributed by atoms with van der Waals surface area (Å²) < 4.78 is 6.88. The van der Waals surface area contributed by atoms with Crippen LogP contribution in [0.5, 0.6) is 5.75 Å². The predicted molar refractivity (Wildman–Crippen MR) is 101 cm³/mol. The van der Waals surface area contributed by atoms with Crippen LogP contribution in [0.1, 0.15) is 37.6 Å². The number of rotatable bonds is 5. The molecular weight excluding hydrogens is 328 g/mol. The largest absolute Gasteiger partial charge is 0.489 e. The SMILES string of the molecule is CCC(C)(C)C(=O)n1cnc2cc(OCc3ccccc3)ccc2c1=O. The van der Waals surface area contributed by atoms with Crippen molar-refractivity contribution in [3.05, 3.63) is 70.8 Å². The third-order valence-corrected chi connectivity index (χ3v) is 4.66. The zero-order valence-corrected chi connectivity index (χ0v) is 15.2. The van der Waals surface area contributed by atoms with E-state index in [0.29, 0.717) is 29.7 Å². The van der Waals surface area contributed by atoms with E-state index >= 15 is 0 Å². The van der Waals surface area contributed by atoms with Gasteiger partial charge in [0.25, 0.3) is 5.56 Å². The van der Waals surface area contributed by atoms with E-state index in [9.17, 15) is 9.59 Å². The van der Waals surface area contributed by atoms with Crippen LogP contribution >= 0.6 is 0 Å². The van der Waals surface area contributed by atoms with Crippen molar-refractivity contribution < 1.29 is 9.53 Å². The number of carbonyl (C=O) groups excluding carboxylic acids is 1. The lowest BCUT2D eigenvalue weighted by molar-refractivity contribution is 0.0734. The number of ether oxygens (including phenoxy) is 1. The first-order valence-corrected chi connectivity index (χ1v) is 8.65. The maximum absolute atomic E-state index is 12.7. The summed E-state index contributed by atoms with van der Waals surface area (Å²) in [5.41, 5.74) is 0.608. The highest BCUT2D eigenvalue weighted by Crippen LogP contribution is 2.22. The molecule has 2 aromatic carbocycles. The molecule has 3 aromatic rings. The Morgan fingerprint density at radius 3 is 2.58 bits per heavy atom. The van der Waals surface area contributed by atoms with Gasteiger partial charge >= 0.3 is 0 Å². The molecule has 0 unspecified atom stereocenters. The fourth-order valence-electron chi connectivity index (χ4n) is 2.55. The van der Waals surface area contributed by atoms with Crippen LogP contribution in [0.3, 0.4) is 0 Å². The summed E-state index contributed by atoms with van der Waals surface area (Å²) >= 11 is 0. The van der Waals surface area contributed by atoms with Gasteiger partial charge in [0.05, 0.1) is 10.9 Å². The van der Waals surface area contributed by atoms with Gasteiger partial charge in [-0.05, 0) is 24.1 Å². The molecular formula is C21H22N2O3. The van der Waals surface area contributed by atoms with Gasteiger partial charge < -0.3 is 4.74 Å². The maximum Gasteiger partial charge on any atom is 0.268 e. The van der Waals surface area contributed by atoms with Crippen molar-refractivity contribution >= 4 is 16.8 Å². The number of fused-ring (bicyclic) bond motifs is 1. The van der Waals surface area contributed by atoms with E-state index in [0.717, 1.165) is 10.1 Å². The van der Waals surface area contributed by atoms with Crippen LogP contribution in [0.25, 0.3) is 10.9 Å². The van der Waals surface area contributed by atoms with Gasteiger partial charge in [0.1, 0.15) is 18.7 Å². The monoisotopic (exact) mass is 350 g/mol. The first kappa shape index (κ1) is 17.9. The molecule has 0 atom stereocenters. The van der Waals surface area contributed by atoms with Gasteiger partial charge in [-0.15, -0.1) is 0 Å². The van der Waals surface area contributed by atoms with Gasteiger partial charge in [-0.1, -0.05) is 51.1 Å². The Morgan fingerprint density at radius 2 is 1.88 bits per heavy atom. The van der Waals surface area contributed by atoms with Crippen molar-refractivity contribution in [2.75, 3.05) is 0 Å². The highest BCUT2D eigenvalue weighted by atomic mass is 16.5. The van der Waals surface area contributed by atoms with Crippen LogP contribution in [0.2, 0.25) is 0 Å². The zero-order chi connectivity index (χ0) is 18.7. The summed E-state index contributed by atoms with van der Waals surface area (Å²) in [5, 5.41) is 0.403. The molecule has 0 aliphatic rings. The van der Waals surface area contributed by atoms with Crippen molar-refractivity contribution in [2.45, 2.75) is 33.8 Å². The molecule has 1 heterocycles. The molecule has 5 heteroatoms. The second kappa shape index (κ2) is 7.12. The van der Waals surface area contributed by atoms with Gasteiger partial charge in [0.2, 0.25) is 5.91 Å². The Morgan fingerprint density at radius 1 is 1.15 bits per heavy atom. The van der Waals surface area contributed by atoms with Crippen LogP contribution in [0, 0.1) is 5.41 Å². The van der Waals surface area contributed by atoms with Crippen LogP contribution in [0.15, 0.2) is 59.7 Å². The molecule has 0 N–H and O–H groups in total. The summed E-state index contributed by atoms with van der Waals surface area (Å²) in [6.07, 6.45) is 1.95. The van der Waals surface area contributed by atoms with Gasteiger partial charge in [0, 0.05) is 11.5 Å². The third-order valence-electron chi connectivity index (χ3n) is 4.66. The molecule has 0 bridgehead atoms. The first-order valence-electron chi connectivity index (χ1n) is 8.65. The topological polar surface area (TPSA) is 61.2 Å². The standard InChI is InChI=1S/C21H22N2O3/c1-4-21(2,3)20(25)23-14-22-18-12-16(10-11-17(18)19(23)24)26-13-15-8-6-5-7-9-15/h5-12,14H,4,13H2,1-3H3. The molecule has 0 aliphatic heterocycles. The summed E-state index contributed by atoms with van der Waals surface area (Å²) in [7, 11) is 0. The molecule has 26 heavy (non-hydrogen) atoms. The molecule has 134 valence electrons. The number of hydrogen-bond donors (Lipinski definition) is 0. The Balaban J connectivity index is 1.89. The van der Waals surface area contributed by atoms with E-state index in [1.54, 1.807) is 18.2 Å². The second-order valence-corrected chi connectivity index (χ2v) is 6.92. The van der Waals surface area contributed by atoms with Crippen LogP contribution in [0.4, 0.5) is 0 Å². The molecule has 3 rings (SSSR count). The van der Waals surface area contributed by atoms with Gasteiger partial charge in [-0.3, -0.25) is 9.59 Å². The molecule has 0 fully saturated rings. The van der Waals surface area contributed by atoms with Gasteiger partial charge in [0.15, 0.2) is 0 Å². The smallest absolute Gasteiger partial charge is 0.268 e. The Bertz CT molecular complexity index is 991. The average molecular weight is 350 g/mol. The lowest BCUT2D eigenvalue weighted by Gasteiger charge is -2.21. The molecule has 0 amide bonds. The number of aromatic nitrogens is 2. The summed E-state index contributed by atoms with van der Waals surface area (Å²) in [5.74, 6) is 0.384. The van der Waals surface area contributed by atoms with Crippen LogP contribution < -0.4 is 10.3 Å². The average Bonchev–Trinajstić information content (AvgIpc) is 2.67. The second-order valence-electron chi connectivity index (χ2n) is 6.92. The summed E-state index contributed by atoms with van der Waals surface area (Å²) in [6.45, 7) is 6.01. The van der Waals surface area contributed by atoms with Crippen molar-refractivity contribution in [2.24, 2.45) is 5.41 Å². The van der Waals surface area contributed by atoms with E-state index in [2.05, 4.69) is 4.98 Å². The first-order chi connectivity index (χ1) is 12.4. The van der Waals surface area contributed by atoms with Gasteiger partial charge in [-0.2, -0.15) is 0 Å². The molecule has 0 spiro atoms. The van der Waals surface area contributed by atoms with Crippen molar-refractivity contribution in [1.82, 2.24) is 9.55 Å². The molecule has 0 aliphatic carbocycles. The Kier molecular flexibility index (Phi) is 4.89.